The van der Waals surface area contributed by atoms with Crippen LogP contribution in [0, 0.1) is 0 Å². The maximum Gasteiger partial charge on any atom is 0.243 e. The molecule has 6 heteroatoms. The number of hydrogen-bond acceptors (Lipinski definition) is 5. The molecule has 3 rings (SSSR count). The van der Waals surface area contributed by atoms with E-state index in [0.717, 1.165) is 23.6 Å². The molecule has 0 unspecified atom stereocenters. The van der Waals surface area contributed by atoms with Gasteiger partial charge in [0.1, 0.15) is 18.1 Å². The van der Waals surface area contributed by atoms with Crippen LogP contribution < -0.4 is 20.1 Å². The molecule has 3 aromatic carbocycles. The van der Waals surface area contributed by atoms with E-state index in [1.807, 2.05) is 73.7 Å². The number of carbonyl (C=O) groups excluding carboxylic acids is 1. The molecule has 0 radical (unpaired) electrons. The van der Waals surface area contributed by atoms with E-state index in [0.29, 0.717) is 32.1 Å². The molecule has 0 aliphatic heterocycles. The van der Waals surface area contributed by atoms with E-state index < -0.39 is 0 Å². The Morgan fingerprint density at radius 3 is 2.34 bits per heavy atom. The summed E-state index contributed by atoms with van der Waals surface area (Å²) in [6, 6.07) is 25.1. The molecule has 0 atom stereocenters. The van der Waals surface area contributed by atoms with E-state index in [9.17, 15) is 4.79 Å². The Morgan fingerprint density at radius 2 is 1.56 bits per heavy atom. The zero-order valence-electron chi connectivity index (χ0n) is 18.4. The lowest BCUT2D eigenvalue weighted by Gasteiger charge is -2.11. The monoisotopic (exact) mass is 434 g/mol. The Hall–Kier alpha value is -3.51. The number of benzene rings is 3. The largest absolute Gasteiger partial charge is 0.493 e. The Labute approximate surface area is 189 Å². The number of carbonyl (C=O) groups is 1. The standard InChI is InChI=1S/C26H30N2O4/c1-2-30-17-18-32-24-13-11-22(12-14-24)28-26(29)20-27-23-9-6-10-25(19-23)31-16-15-21-7-4-3-5-8-21/h3-14,19,27H,2,15-18,20H2,1H3,(H,28,29). The van der Waals surface area contributed by atoms with Crippen LogP contribution in [-0.2, 0) is 16.0 Å². The summed E-state index contributed by atoms with van der Waals surface area (Å²) in [7, 11) is 0. The summed E-state index contributed by atoms with van der Waals surface area (Å²) in [6.45, 7) is 4.43. The van der Waals surface area contributed by atoms with Gasteiger partial charge < -0.3 is 24.8 Å². The minimum absolute atomic E-state index is 0.134. The maximum absolute atomic E-state index is 12.3. The number of anilines is 2. The number of rotatable bonds is 13. The van der Waals surface area contributed by atoms with Gasteiger partial charge in [0.05, 0.1) is 19.8 Å². The third kappa shape index (κ3) is 8.32. The zero-order valence-corrected chi connectivity index (χ0v) is 18.4. The van der Waals surface area contributed by atoms with Gasteiger partial charge in [0.25, 0.3) is 0 Å². The van der Waals surface area contributed by atoms with E-state index in [-0.39, 0.29) is 12.5 Å². The van der Waals surface area contributed by atoms with Crippen LogP contribution in [0.15, 0.2) is 78.9 Å². The predicted molar refractivity (Wildman–Crippen MR) is 128 cm³/mol. The van der Waals surface area contributed by atoms with Gasteiger partial charge in [0, 0.05) is 30.5 Å². The molecule has 0 aliphatic carbocycles. The first-order valence-electron chi connectivity index (χ1n) is 10.8. The predicted octanol–water partition coefficient (Wildman–Crippen LogP) is 4.77. The van der Waals surface area contributed by atoms with Crippen molar-refractivity contribution in [1.29, 1.82) is 0 Å². The van der Waals surface area contributed by atoms with Gasteiger partial charge in [-0.15, -0.1) is 0 Å². The van der Waals surface area contributed by atoms with Crippen molar-refractivity contribution in [2.24, 2.45) is 0 Å². The number of ether oxygens (including phenoxy) is 3. The third-order valence-corrected chi connectivity index (χ3v) is 4.63. The highest BCUT2D eigenvalue weighted by Gasteiger charge is 2.04. The Morgan fingerprint density at radius 1 is 0.781 bits per heavy atom. The first-order chi connectivity index (χ1) is 15.7. The van der Waals surface area contributed by atoms with Crippen molar-refractivity contribution in [1.82, 2.24) is 0 Å². The van der Waals surface area contributed by atoms with Crippen LogP contribution in [0.1, 0.15) is 12.5 Å². The quantitative estimate of drug-likeness (QED) is 0.379. The van der Waals surface area contributed by atoms with Gasteiger partial charge in [0.15, 0.2) is 0 Å². The average Bonchev–Trinajstić information content (AvgIpc) is 2.83. The second-order valence-corrected chi connectivity index (χ2v) is 7.08. The average molecular weight is 435 g/mol. The molecular weight excluding hydrogens is 404 g/mol. The topological polar surface area (TPSA) is 68.8 Å². The third-order valence-electron chi connectivity index (χ3n) is 4.63. The van der Waals surface area contributed by atoms with Gasteiger partial charge in [0.2, 0.25) is 5.91 Å². The highest BCUT2D eigenvalue weighted by Crippen LogP contribution is 2.18. The van der Waals surface area contributed by atoms with Crippen LogP contribution in [0.2, 0.25) is 0 Å². The smallest absolute Gasteiger partial charge is 0.243 e. The van der Waals surface area contributed by atoms with E-state index in [1.54, 1.807) is 0 Å². The summed E-state index contributed by atoms with van der Waals surface area (Å²) in [5, 5.41) is 6.00. The lowest BCUT2D eigenvalue weighted by Crippen LogP contribution is -2.21. The molecule has 0 saturated carbocycles. The summed E-state index contributed by atoms with van der Waals surface area (Å²) >= 11 is 0. The van der Waals surface area contributed by atoms with Crippen molar-refractivity contribution in [3.8, 4) is 11.5 Å². The van der Waals surface area contributed by atoms with E-state index in [2.05, 4.69) is 22.8 Å². The normalized spacial score (nSPS) is 10.4. The van der Waals surface area contributed by atoms with Crippen molar-refractivity contribution in [2.75, 3.05) is 43.6 Å². The van der Waals surface area contributed by atoms with E-state index >= 15 is 0 Å². The minimum atomic E-state index is -0.134. The molecule has 32 heavy (non-hydrogen) atoms. The van der Waals surface area contributed by atoms with Crippen LogP contribution in [0.4, 0.5) is 11.4 Å². The Kier molecular flexibility index (Phi) is 9.42. The highest BCUT2D eigenvalue weighted by atomic mass is 16.5. The van der Waals surface area contributed by atoms with Gasteiger partial charge in [-0.05, 0) is 48.9 Å². The molecule has 3 aromatic rings. The first kappa shape index (κ1) is 23.2. The summed E-state index contributed by atoms with van der Waals surface area (Å²) < 4.78 is 16.7. The first-order valence-corrected chi connectivity index (χ1v) is 10.8. The van der Waals surface area contributed by atoms with Crippen LogP contribution in [0.3, 0.4) is 0 Å². The molecule has 0 saturated heterocycles. The molecule has 0 fully saturated rings. The fourth-order valence-electron chi connectivity index (χ4n) is 3.01. The Balaban J connectivity index is 1.39. The lowest BCUT2D eigenvalue weighted by molar-refractivity contribution is -0.114. The second-order valence-electron chi connectivity index (χ2n) is 7.08. The van der Waals surface area contributed by atoms with Gasteiger partial charge in [-0.2, -0.15) is 0 Å². The number of nitrogens with one attached hydrogen (secondary N) is 2. The van der Waals surface area contributed by atoms with Gasteiger partial charge in [-0.3, -0.25) is 4.79 Å². The fraction of sp³-hybridized carbons (Fsp3) is 0.269. The van der Waals surface area contributed by atoms with Gasteiger partial charge >= 0.3 is 0 Å². The van der Waals surface area contributed by atoms with E-state index in [1.165, 1.54) is 5.56 Å². The minimum Gasteiger partial charge on any atom is -0.493 e. The molecule has 6 nitrogen and oxygen atoms in total. The van der Waals surface area contributed by atoms with E-state index in [4.69, 9.17) is 14.2 Å². The van der Waals surface area contributed by atoms with Crippen LogP contribution in [-0.4, -0.2) is 38.9 Å². The van der Waals surface area contributed by atoms with Gasteiger partial charge in [-0.1, -0.05) is 36.4 Å². The molecule has 0 heterocycles. The number of hydrogen-bond donors (Lipinski definition) is 2. The van der Waals surface area contributed by atoms with Crippen molar-refractivity contribution < 1.29 is 19.0 Å². The van der Waals surface area contributed by atoms with Crippen LogP contribution in [0.25, 0.3) is 0 Å². The molecule has 168 valence electrons. The molecule has 0 aromatic heterocycles. The SMILES string of the molecule is CCOCCOc1ccc(NC(=O)CNc2cccc(OCCc3ccccc3)c2)cc1. The van der Waals surface area contributed by atoms with Crippen molar-refractivity contribution in [3.63, 3.8) is 0 Å². The zero-order chi connectivity index (χ0) is 22.4. The van der Waals surface area contributed by atoms with Crippen LogP contribution >= 0.6 is 0 Å². The maximum atomic E-state index is 12.3. The Bertz CT molecular complexity index is 946. The molecule has 0 bridgehead atoms. The molecule has 0 spiro atoms. The van der Waals surface area contributed by atoms with Gasteiger partial charge in [-0.25, -0.2) is 0 Å². The lowest BCUT2D eigenvalue weighted by atomic mass is 10.2. The molecule has 1 amide bonds. The van der Waals surface area contributed by atoms with Crippen molar-refractivity contribution >= 4 is 17.3 Å². The molecular formula is C26H30N2O4. The summed E-state index contributed by atoms with van der Waals surface area (Å²) in [6.07, 6.45) is 0.844. The van der Waals surface area contributed by atoms with Crippen molar-refractivity contribution in [3.05, 3.63) is 84.4 Å². The van der Waals surface area contributed by atoms with Crippen molar-refractivity contribution in [2.45, 2.75) is 13.3 Å². The molecule has 2 N–H and O–H groups in total. The highest BCUT2D eigenvalue weighted by molar-refractivity contribution is 5.93. The fourth-order valence-corrected chi connectivity index (χ4v) is 3.01. The summed E-state index contributed by atoms with van der Waals surface area (Å²) in [4.78, 5) is 12.3. The summed E-state index contributed by atoms with van der Waals surface area (Å²) in [5.41, 5.74) is 2.78. The second kappa shape index (κ2) is 13.0. The summed E-state index contributed by atoms with van der Waals surface area (Å²) in [5.74, 6) is 1.38. The number of amides is 1. The van der Waals surface area contributed by atoms with Crippen LogP contribution in [0.5, 0.6) is 11.5 Å². The molecule has 0 aliphatic rings.